The van der Waals surface area contributed by atoms with E-state index in [-0.39, 0.29) is 24.1 Å². The Morgan fingerprint density at radius 1 is 1.44 bits per heavy atom. The van der Waals surface area contributed by atoms with Crippen LogP contribution < -0.4 is 0 Å². The highest BCUT2D eigenvalue weighted by Gasteiger charge is 2.28. The van der Waals surface area contributed by atoms with E-state index in [4.69, 9.17) is 9.47 Å². The van der Waals surface area contributed by atoms with Crippen molar-refractivity contribution in [1.29, 1.82) is 0 Å². The van der Waals surface area contributed by atoms with Gasteiger partial charge in [0.1, 0.15) is 0 Å². The average Bonchev–Trinajstić information content (AvgIpc) is 2.30. The Morgan fingerprint density at radius 3 is 2.56 bits per heavy atom. The summed E-state index contributed by atoms with van der Waals surface area (Å²) in [6, 6.07) is 0. The van der Waals surface area contributed by atoms with E-state index >= 15 is 0 Å². The van der Waals surface area contributed by atoms with Gasteiger partial charge in [0.2, 0.25) is 0 Å². The van der Waals surface area contributed by atoms with Gasteiger partial charge in [0.05, 0.1) is 24.4 Å². The predicted molar refractivity (Wildman–Crippen MR) is 62.9 cm³/mol. The van der Waals surface area contributed by atoms with E-state index in [1.54, 1.807) is 0 Å². The van der Waals surface area contributed by atoms with Gasteiger partial charge in [0.25, 0.3) is 0 Å². The molecule has 0 saturated heterocycles. The molecule has 3 heteroatoms. The van der Waals surface area contributed by atoms with Gasteiger partial charge in [0.15, 0.2) is 0 Å². The number of ether oxygens (including phenoxy) is 2. The molecule has 0 bridgehead atoms. The van der Waals surface area contributed by atoms with Crippen molar-refractivity contribution in [1.82, 2.24) is 0 Å². The molecule has 0 aromatic heterocycles. The lowest BCUT2D eigenvalue weighted by Crippen LogP contribution is -2.28. The quantitative estimate of drug-likeness (QED) is 0.534. The van der Waals surface area contributed by atoms with Crippen LogP contribution in [0, 0.1) is 5.92 Å². The SMILES string of the molecule is C=COC1CCC(C(=O)OC(C)CC)CC1. The molecule has 1 aliphatic rings. The zero-order valence-electron chi connectivity index (χ0n) is 10.3. The van der Waals surface area contributed by atoms with Crippen LogP contribution in [0.4, 0.5) is 0 Å². The molecule has 92 valence electrons. The number of rotatable bonds is 5. The summed E-state index contributed by atoms with van der Waals surface area (Å²) in [7, 11) is 0. The molecule has 0 aromatic rings. The van der Waals surface area contributed by atoms with E-state index in [0.717, 1.165) is 32.1 Å². The molecule has 1 aliphatic carbocycles. The first kappa shape index (κ1) is 13.1. The zero-order valence-corrected chi connectivity index (χ0v) is 10.3. The van der Waals surface area contributed by atoms with Gasteiger partial charge < -0.3 is 9.47 Å². The van der Waals surface area contributed by atoms with Crippen molar-refractivity contribution in [3.05, 3.63) is 12.8 Å². The van der Waals surface area contributed by atoms with E-state index in [9.17, 15) is 4.79 Å². The molecule has 1 rings (SSSR count). The van der Waals surface area contributed by atoms with E-state index in [0.29, 0.717) is 0 Å². The lowest BCUT2D eigenvalue weighted by molar-refractivity contribution is -0.155. The molecule has 1 atom stereocenters. The van der Waals surface area contributed by atoms with Crippen LogP contribution in [0.3, 0.4) is 0 Å². The molecule has 3 nitrogen and oxygen atoms in total. The molecule has 1 fully saturated rings. The molecule has 0 spiro atoms. The van der Waals surface area contributed by atoms with Crippen LogP contribution in [0.25, 0.3) is 0 Å². The maximum absolute atomic E-state index is 11.7. The summed E-state index contributed by atoms with van der Waals surface area (Å²) in [5.41, 5.74) is 0. The van der Waals surface area contributed by atoms with Crippen LogP contribution in [-0.4, -0.2) is 18.2 Å². The first-order valence-corrected chi connectivity index (χ1v) is 6.14. The highest BCUT2D eigenvalue weighted by Crippen LogP contribution is 2.27. The van der Waals surface area contributed by atoms with Crippen LogP contribution in [0.2, 0.25) is 0 Å². The normalized spacial score (nSPS) is 26.9. The Balaban J connectivity index is 2.30. The maximum atomic E-state index is 11.7. The van der Waals surface area contributed by atoms with Crippen LogP contribution in [0.5, 0.6) is 0 Å². The zero-order chi connectivity index (χ0) is 12.0. The standard InChI is InChI=1S/C13H22O3/c1-4-10(3)16-13(14)11-6-8-12(9-7-11)15-5-2/h5,10-12H,2,4,6-9H2,1,3H3. The highest BCUT2D eigenvalue weighted by atomic mass is 16.5. The Bertz CT molecular complexity index is 229. The monoisotopic (exact) mass is 226 g/mol. The topological polar surface area (TPSA) is 35.5 Å². The second-order valence-corrected chi connectivity index (χ2v) is 4.43. The summed E-state index contributed by atoms with van der Waals surface area (Å²) in [4.78, 5) is 11.7. The van der Waals surface area contributed by atoms with Gasteiger partial charge in [-0.05, 0) is 39.0 Å². The van der Waals surface area contributed by atoms with Crippen molar-refractivity contribution >= 4 is 5.97 Å². The number of carbonyl (C=O) groups excluding carboxylic acids is 1. The molecule has 0 amide bonds. The largest absolute Gasteiger partial charge is 0.499 e. The molecule has 16 heavy (non-hydrogen) atoms. The minimum Gasteiger partial charge on any atom is -0.499 e. The predicted octanol–water partition coefficient (Wildman–Crippen LogP) is 3.05. The lowest BCUT2D eigenvalue weighted by atomic mass is 9.87. The van der Waals surface area contributed by atoms with E-state index < -0.39 is 0 Å². The van der Waals surface area contributed by atoms with E-state index in [2.05, 4.69) is 6.58 Å². The highest BCUT2D eigenvalue weighted by molar-refractivity contribution is 5.72. The van der Waals surface area contributed by atoms with Crippen molar-refractivity contribution < 1.29 is 14.3 Å². The second-order valence-electron chi connectivity index (χ2n) is 4.43. The number of hydrogen-bond donors (Lipinski definition) is 0. The van der Waals surface area contributed by atoms with E-state index in [1.165, 1.54) is 6.26 Å². The van der Waals surface area contributed by atoms with Gasteiger partial charge in [-0.15, -0.1) is 0 Å². The summed E-state index contributed by atoms with van der Waals surface area (Å²) in [5.74, 6) is 0.0325. The van der Waals surface area contributed by atoms with E-state index in [1.807, 2.05) is 13.8 Å². The molecule has 1 saturated carbocycles. The van der Waals surface area contributed by atoms with Crippen LogP contribution in [0.1, 0.15) is 46.0 Å². The van der Waals surface area contributed by atoms with Crippen molar-refractivity contribution in [2.24, 2.45) is 5.92 Å². The van der Waals surface area contributed by atoms with Gasteiger partial charge in [-0.2, -0.15) is 0 Å². The van der Waals surface area contributed by atoms with Gasteiger partial charge in [-0.3, -0.25) is 4.79 Å². The first-order chi connectivity index (χ1) is 7.67. The molecule has 0 heterocycles. The molecule has 0 radical (unpaired) electrons. The molecular weight excluding hydrogens is 204 g/mol. The molecular formula is C13H22O3. The fraction of sp³-hybridized carbons (Fsp3) is 0.769. The number of esters is 1. The number of carbonyl (C=O) groups is 1. The molecule has 0 aromatic carbocycles. The minimum absolute atomic E-state index is 0.0357. The Labute approximate surface area is 97.8 Å². The summed E-state index contributed by atoms with van der Waals surface area (Å²) in [6.07, 6.45) is 6.23. The summed E-state index contributed by atoms with van der Waals surface area (Å²) < 4.78 is 10.7. The average molecular weight is 226 g/mol. The third-order valence-electron chi connectivity index (χ3n) is 3.19. The third kappa shape index (κ3) is 3.87. The van der Waals surface area contributed by atoms with Gasteiger partial charge in [0, 0.05) is 0 Å². The van der Waals surface area contributed by atoms with Crippen LogP contribution >= 0.6 is 0 Å². The first-order valence-electron chi connectivity index (χ1n) is 6.14. The fourth-order valence-electron chi connectivity index (χ4n) is 1.95. The summed E-state index contributed by atoms with van der Waals surface area (Å²) >= 11 is 0. The van der Waals surface area contributed by atoms with Crippen molar-refractivity contribution in [3.8, 4) is 0 Å². The minimum atomic E-state index is -0.0357. The smallest absolute Gasteiger partial charge is 0.309 e. The Kier molecular flexibility index (Phi) is 5.36. The van der Waals surface area contributed by atoms with Crippen LogP contribution in [-0.2, 0) is 14.3 Å². The van der Waals surface area contributed by atoms with Crippen LogP contribution in [0.15, 0.2) is 12.8 Å². The third-order valence-corrected chi connectivity index (χ3v) is 3.19. The molecule has 0 N–H and O–H groups in total. The van der Waals surface area contributed by atoms with Crippen molar-refractivity contribution in [2.45, 2.75) is 58.2 Å². The van der Waals surface area contributed by atoms with Crippen molar-refractivity contribution in [2.75, 3.05) is 0 Å². The van der Waals surface area contributed by atoms with Crippen molar-refractivity contribution in [3.63, 3.8) is 0 Å². The molecule has 1 unspecified atom stereocenters. The van der Waals surface area contributed by atoms with Gasteiger partial charge >= 0.3 is 5.97 Å². The maximum Gasteiger partial charge on any atom is 0.309 e. The Morgan fingerprint density at radius 2 is 2.06 bits per heavy atom. The van der Waals surface area contributed by atoms with Gasteiger partial charge in [-0.25, -0.2) is 0 Å². The fourth-order valence-corrected chi connectivity index (χ4v) is 1.95. The molecule has 0 aliphatic heterocycles. The number of hydrogen-bond acceptors (Lipinski definition) is 3. The Hall–Kier alpha value is -0.990. The summed E-state index contributed by atoms with van der Waals surface area (Å²) in [5, 5.41) is 0. The van der Waals surface area contributed by atoms with Gasteiger partial charge in [-0.1, -0.05) is 13.5 Å². The lowest BCUT2D eigenvalue weighted by Gasteiger charge is -2.27. The summed E-state index contributed by atoms with van der Waals surface area (Å²) in [6.45, 7) is 7.50. The second kappa shape index (κ2) is 6.56.